The van der Waals surface area contributed by atoms with Crippen molar-refractivity contribution in [1.82, 2.24) is 0 Å². The average molecular weight is 342 g/mol. The summed E-state index contributed by atoms with van der Waals surface area (Å²) < 4.78 is 15.5. The van der Waals surface area contributed by atoms with Gasteiger partial charge in [0.2, 0.25) is 0 Å². The van der Waals surface area contributed by atoms with Crippen molar-refractivity contribution in [1.29, 1.82) is 0 Å². The SMILES string of the molecule is Fc1c(Br)ccc2c1Cc1cc(Br)ccc1-2. The lowest BCUT2D eigenvalue weighted by Crippen LogP contribution is -1.88. The molecule has 0 radical (unpaired) electrons. The Morgan fingerprint density at radius 1 is 1.00 bits per heavy atom. The van der Waals surface area contributed by atoms with Crippen molar-refractivity contribution >= 4 is 31.9 Å². The van der Waals surface area contributed by atoms with Crippen LogP contribution in [0.25, 0.3) is 11.1 Å². The molecule has 0 N–H and O–H groups in total. The Kier molecular flexibility index (Phi) is 2.41. The lowest BCUT2D eigenvalue weighted by molar-refractivity contribution is 0.609. The zero-order valence-electron chi connectivity index (χ0n) is 8.23. The molecule has 2 aromatic carbocycles. The summed E-state index contributed by atoms with van der Waals surface area (Å²) in [7, 11) is 0. The van der Waals surface area contributed by atoms with Gasteiger partial charge in [-0.1, -0.05) is 28.1 Å². The second-order valence-electron chi connectivity index (χ2n) is 3.87. The fourth-order valence-electron chi connectivity index (χ4n) is 2.18. The zero-order valence-corrected chi connectivity index (χ0v) is 11.4. The molecule has 0 nitrogen and oxygen atoms in total. The van der Waals surface area contributed by atoms with Crippen LogP contribution in [0.3, 0.4) is 0 Å². The summed E-state index contributed by atoms with van der Waals surface area (Å²) in [4.78, 5) is 0. The number of rotatable bonds is 0. The fraction of sp³-hybridized carbons (Fsp3) is 0.0769. The van der Waals surface area contributed by atoms with E-state index in [0.29, 0.717) is 10.9 Å². The molecule has 0 bridgehead atoms. The van der Waals surface area contributed by atoms with E-state index in [2.05, 4.69) is 37.9 Å². The molecule has 0 heterocycles. The minimum atomic E-state index is -0.134. The molecule has 3 heteroatoms. The molecule has 0 saturated heterocycles. The van der Waals surface area contributed by atoms with Crippen LogP contribution in [0.1, 0.15) is 11.1 Å². The van der Waals surface area contributed by atoms with Crippen molar-refractivity contribution in [2.24, 2.45) is 0 Å². The van der Waals surface area contributed by atoms with Crippen LogP contribution in [0.5, 0.6) is 0 Å². The van der Waals surface area contributed by atoms with E-state index in [0.717, 1.165) is 21.2 Å². The van der Waals surface area contributed by atoms with E-state index in [1.165, 1.54) is 5.56 Å². The van der Waals surface area contributed by atoms with Gasteiger partial charge in [-0.25, -0.2) is 4.39 Å². The Morgan fingerprint density at radius 2 is 1.75 bits per heavy atom. The maximum Gasteiger partial charge on any atom is 0.141 e. The molecule has 2 aromatic rings. The molecular weight excluding hydrogens is 335 g/mol. The van der Waals surface area contributed by atoms with Crippen molar-refractivity contribution in [2.75, 3.05) is 0 Å². The standard InChI is InChI=1S/C13H7Br2F/c14-8-1-2-9-7(5-8)6-11-10(9)3-4-12(15)13(11)16/h1-5H,6H2. The van der Waals surface area contributed by atoms with Gasteiger partial charge in [-0.3, -0.25) is 0 Å². The fourth-order valence-corrected chi connectivity index (χ4v) is 2.96. The van der Waals surface area contributed by atoms with Gasteiger partial charge in [0.05, 0.1) is 4.47 Å². The van der Waals surface area contributed by atoms with Gasteiger partial charge in [0.25, 0.3) is 0 Å². The first-order valence-corrected chi connectivity index (χ1v) is 6.51. The van der Waals surface area contributed by atoms with E-state index in [1.807, 2.05) is 18.2 Å². The first-order valence-electron chi connectivity index (χ1n) is 4.92. The Bertz CT molecular complexity index is 591. The Hall–Kier alpha value is -0.670. The molecule has 0 spiro atoms. The first-order chi connectivity index (χ1) is 7.66. The molecule has 1 aliphatic rings. The van der Waals surface area contributed by atoms with E-state index >= 15 is 0 Å². The quantitative estimate of drug-likeness (QED) is 0.544. The highest BCUT2D eigenvalue weighted by atomic mass is 79.9. The Labute approximate surface area is 110 Å². The molecule has 16 heavy (non-hydrogen) atoms. The third-order valence-corrected chi connectivity index (χ3v) is 4.03. The second-order valence-corrected chi connectivity index (χ2v) is 5.64. The molecular formula is C13H7Br2F. The third-order valence-electron chi connectivity index (χ3n) is 2.92. The third kappa shape index (κ3) is 1.45. The highest BCUT2D eigenvalue weighted by Gasteiger charge is 2.22. The van der Waals surface area contributed by atoms with Crippen molar-refractivity contribution in [3.8, 4) is 11.1 Å². The lowest BCUT2D eigenvalue weighted by Gasteiger charge is -2.03. The van der Waals surface area contributed by atoms with Gasteiger partial charge in [-0.2, -0.15) is 0 Å². The molecule has 0 saturated carbocycles. The lowest BCUT2D eigenvalue weighted by atomic mass is 10.1. The van der Waals surface area contributed by atoms with E-state index in [9.17, 15) is 4.39 Å². The van der Waals surface area contributed by atoms with Crippen LogP contribution in [0, 0.1) is 5.82 Å². The summed E-state index contributed by atoms with van der Waals surface area (Å²) >= 11 is 6.66. The number of fused-ring (bicyclic) bond motifs is 3. The van der Waals surface area contributed by atoms with Crippen molar-refractivity contribution in [3.05, 3.63) is 56.2 Å². The Balaban J connectivity index is 2.27. The summed E-state index contributed by atoms with van der Waals surface area (Å²) in [5, 5.41) is 0. The molecule has 0 atom stereocenters. The molecule has 1 aliphatic carbocycles. The van der Waals surface area contributed by atoms with Crippen LogP contribution in [-0.2, 0) is 6.42 Å². The number of benzene rings is 2. The van der Waals surface area contributed by atoms with Crippen molar-refractivity contribution in [3.63, 3.8) is 0 Å². The van der Waals surface area contributed by atoms with E-state index in [4.69, 9.17) is 0 Å². The van der Waals surface area contributed by atoms with Gasteiger partial charge >= 0.3 is 0 Å². The summed E-state index contributed by atoms with van der Waals surface area (Å²) in [6.07, 6.45) is 0.676. The van der Waals surface area contributed by atoms with Gasteiger partial charge < -0.3 is 0 Å². The minimum absolute atomic E-state index is 0.134. The average Bonchev–Trinajstić information content (AvgIpc) is 2.62. The molecule has 0 aromatic heterocycles. The van der Waals surface area contributed by atoms with Crippen LogP contribution in [0.15, 0.2) is 39.3 Å². The predicted octanol–water partition coefficient (Wildman–Crippen LogP) is 4.92. The van der Waals surface area contributed by atoms with E-state index in [1.54, 1.807) is 6.07 Å². The first kappa shape index (κ1) is 10.5. The molecule has 3 rings (SSSR count). The summed E-state index contributed by atoms with van der Waals surface area (Å²) in [6, 6.07) is 9.84. The van der Waals surface area contributed by atoms with Gasteiger partial charge in [-0.05, 0) is 50.8 Å². The maximum atomic E-state index is 13.9. The summed E-state index contributed by atoms with van der Waals surface area (Å²) in [5.74, 6) is -0.134. The van der Waals surface area contributed by atoms with Crippen LogP contribution in [0.2, 0.25) is 0 Å². The summed E-state index contributed by atoms with van der Waals surface area (Å²) in [5.41, 5.74) is 4.14. The molecule has 0 amide bonds. The molecule has 0 aliphatic heterocycles. The number of hydrogen-bond donors (Lipinski definition) is 0. The van der Waals surface area contributed by atoms with Crippen molar-refractivity contribution < 1.29 is 4.39 Å². The maximum absolute atomic E-state index is 13.9. The van der Waals surface area contributed by atoms with Gasteiger partial charge in [-0.15, -0.1) is 0 Å². The predicted molar refractivity (Wildman–Crippen MR) is 70.0 cm³/mol. The summed E-state index contributed by atoms with van der Waals surface area (Å²) in [6.45, 7) is 0. The molecule has 0 unspecified atom stereocenters. The second kappa shape index (κ2) is 3.67. The number of hydrogen-bond acceptors (Lipinski definition) is 0. The minimum Gasteiger partial charge on any atom is -0.205 e. The number of halogens is 3. The van der Waals surface area contributed by atoms with Gasteiger partial charge in [0.1, 0.15) is 5.82 Å². The Morgan fingerprint density at radius 3 is 2.56 bits per heavy atom. The van der Waals surface area contributed by atoms with Crippen molar-refractivity contribution in [2.45, 2.75) is 6.42 Å². The van der Waals surface area contributed by atoms with E-state index in [-0.39, 0.29) is 5.82 Å². The topological polar surface area (TPSA) is 0 Å². The zero-order chi connectivity index (χ0) is 11.3. The molecule has 80 valence electrons. The molecule has 0 fully saturated rings. The highest BCUT2D eigenvalue weighted by molar-refractivity contribution is 9.10. The smallest absolute Gasteiger partial charge is 0.141 e. The van der Waals surface area contributed by atoms with Crippen LogP contribution in [-0.4, -0.2) is 0 Å². The largest absolute Gasteiger partial charge is 0.205 e. The van der Waals surface area contributed by atoms with Gasteiger partial charge in [0.15, 0.2) is 0 Å². The normalized spacial score (nSPS) is 12.4. The monoisotopic (exact) mass is 340 g/mol. The van der Waals surface area contributed by atoms with E-state index < -0.39 is 0 Å². The van der Waals surface area contributed by atoms with Crippen LogP contribution in [0.4, 0.5) is 4.39 Å². The van der Waals surface area contributed by atoms with Crippen LogP contribution < -0.4 is 0 Å². The van der Waals surface area contributed by atoms with Crippen LogP contribution >= 0.6 is 31.9 Å². The van der Waals surface area contributed by atoms with Gasteiger partial charge in [0, 0.05) is 16.5 Å². The highest BCUT2D eigenvalue weighted by Crippen LogP contribution is 2.40.